The largest absolute Gasteiger partial charge is 0.335 e. The number of likely N-dealkylation sites (tertiary alicyclic amines) is 1. The minimum Gasteiger partial charge on any atom is -0.335 e. The van der Waals surface area contributed by atoms with Crippen molar-refractivity contribution in [3.8, 4) is 0 Å². The molecule has 0 bridgehead atoms. The monoisotopic (exact) mass is 330 g/mol. The zero-order valence-corrected chi connectivity index (χ0v) is 13.8. The van der Waals surface area contributed by atoms with E-state index in [4.69, 9.17) is 0 Å². The van der Waals surface area contributed by atoms with Gasteiger partial charge < -0.3 is 10.2 Å². The molecule has 0 aromatic carbocycles. The lowest BCUT2D eigenvalue weighted by atomic mass is 10.2. The van der Waals surface area contributed by atoms with Crippen molar-refractivity contribution >= 4 is 17.2 Å². The van der Waals surface area contributed by atoms with E-state index in [1.807, 2.05) is 4.90 Å². The van der Waals surface area contributed by atoms with Gasteiger partial charge in [-0.15, -0.1) is 0 Å². The minimum atomic E-state index is -0.103. The fraction of sp³-hybridized carbons (Fsp3) is 0.625. The fourth-order valence-corrected chi connectivity index (χ4v) is 3.90. The first-order valence-electron chi connectivity index (χ1n) is 8.57. The lowest BCUT2D eigenvalue weighted by Gasteiger charge is -2.20. The quantitative estimate of drug-likeness (QED) is 0.891. The van der Waals surface area contributed by atoms with Crippen molar-refractivity contribution in [1.29, 1.82) is 0 Å². The Hall–Kier alpha value is -2.38. The van der Waals surface area contributed by atoms with E-state index >= 15 is 0 Å². The number of aromatic nitrogens is 4. The molecule has 1 saturated heterocycles. The van der Waals surface area contributed by atoms with Crippen LogP contribution in [-0.4, -0.2) is 49.2 Å². The number of nitrogens with zero attached hydrogens (tertiary/aromatic N) is 5. The van der Waals surface area contributed by atoms with Gasteiger partial charge in [0, 0.05) is 26.2 Å². The Kier molecular flexibility index (Phi) is 3.74. The molecule has 2 fully saturated rings. The Morgan fingerprint density at radius 1 is 1.29 bits per heavy atom. The first kappa shape index (κ1) is 15.2. The number of carbonyl (C=O) groups is 1. The van der Waals surface area contributed by atoms with Gasteiger partial charge in [0.25, 0.3) is 0 Å². The highest BCUT2D eigenvalue weighted by Crippen LogP contribution is 2.24. The Labute approximate surface area is 139 Å². The van der Waals surface area contributed by atoms with Gasteiger partial charge in [0.15, 0.2) is 5.65 Å². The lowest BCUT2D eigenvalue weighted by molar-refractivity contribution is 0.203. The predicted molar refractivity (Wildman–Crippen MR) is 88.8 cm³/mol. The molecule has 2 amide bonds. The van der Waals surface area contributed by atoms with Crippen molar-refractivity contribution < 1.29 is 4.79 Å². The van der Waals surface area contributed by atoms with E-state index in [0.717, 1.165) is 24.8 Å². The van der Waals surface area contributed by atoms with Crippen molar-refractivity contribution in [3.05, 3.63) is 23.0 Å². The summed E-state index contributed by atoms with van der Waals surface area (Å²) in [4.78, 5) is 35.1. The molecule has 3 heterocycles. The second-order valence-electron chi connectivity index (χ2n) is 6.76. The summed E-state index contributed by atoms with van der Waals surface area (Å²) in [6.07, 6.45) is 8.40. The number of fused-ring (bicyclic) bond motifs is 1. The smallest absolute Gasteiger partial charge is 0.330 e. The van der Waals surface area contributed by atoms with Crippen LogP contribution in [0.5, 0.6) is 0 Å². The van der Waals surface area contributed by atoms with E-state index in [9.17, 15) is 9.59 Å². The number of urea groups is 1. The summed E-state index contributed by atoms with van der Waals surface area (Å²) >= 11 is 0. The molecule has 24 heavy (non-hydrogen) atoms. The maximum absolute atomic E-state index is 12.6. The zero-order chi connectivity index (χ0) is 16.7. The van der Waals surface area contributed by atoms with Gasteiger partial charge in [-0.2, -0.15) is 0 Å². The number of carbonyl (C=O) groups excluding carboxylic acids is 1. The van der Waals surface area contributed by atoms with E-state index < -0.39 is 0 Å². The summed E-state index contributed by atoms with van der Waals surface area (Å²) in [5.41, 5.74) is 1.26. The number of hydrogen-bond donors (Lipinski definition) is 1. The normalized spacial score (nSPS) is 21.7. The van der Waals surface area contributed by atoms with Crippen LogP contribution in [0.3, 0.4) is 0 Å². The van der Waals surface area contributed by atoms with E-state index in [2.05, 4.69) is 15.3 Å². The zero-order valence-electron chi connectivity index (χ0n) is 13.8. The number of aryl methyl sites for hydroxylation is 1. The van der Waals surface area contributed by atoms with Crippen LogP contribution in [0.2, 0.25) is 0 Å². The molecule has 2 aliphatic rings. The molecule has 4 rings (SSSR count). The van der Waals surface area contributed by atoms with E-state index in [-0.39, 0.29) is 17.8 Å². The second-order valence-corrected chi connectivity index (χ2v) is 6.76. The number of imidazole rings is 1. The van der Waals surface area contributed by atoms with Crippen LogP contribution >= 0.6 is 0 Å². The topological polar surface area (TPSA) is 85.0 Å². The summed E-state index contributed by atoms with van der Waals surface area (Å²) in [6, 6.07) is 0.266. The Morgan fingerprint density at radius 3 is 2.88 bits per heavy atom. The molecule has 1 atom stereocenters. The van der Waals surface area contributed by atoms with Crippen molar-refractivity contribution in [1.82, 2.24) is 29.3 Å². The lowest BCUT2D eigenvalue weighted by Crippen LogP contribution is -2.43. The van der Waals surface area contributed by atoms with Gasteiger partial charge >= 0.3 is 11.7 Å². The molecular formula is C16H22N6O2. The summed E-state index contributed by atoms with van der Waals surface area (Å²) in [7, 11) is 1.73. The number of nitrogens with one attached hydrogen (secondary N) is 1. The molecule has 1 N–H and O–H groups in total. The SMILES string of the molecule is Cn1c(=O)n([C@@H]2CCN(C(=O)NC3CCCC3)C2)c2ncncc21. The Morgan fingerprint density at radius 2 is 2.08 bits per heavy atom. The minimum absolute atomic E-state index is 0.00712. The van der Waals surface area contributed by atoms with Gasteiger partial charge in [0.05, 0.1) is 12.2 Å². The van der Waals surface area contributed by atoms with Crippen molar-refractivity contribution in [2.24, 2.45) is 7.05 Å². The molecule has 1 aliphatic carbocycles. The maximum Gasteiger partial charge on any atom is 0.330 e. The van der Waals surface area contributed by atoms with E-state index in [1.54, 1.807) is 22.4 Å². The third kappa shape index (κ3) is 2.46. The van der Waals surface area contributed by atoms with Gasteiger partial charge in [-0.3, -0.25) is 9.13 Å². The Bertz CT molecular complexity index is 820. The van der Waals surface area contributed by atoms with Gasteiger partial charge in [-0.25, -0.2) is 19.6 Å². The molecule has 0 radical (unpaired) electrons. The molecule has 0 spiro atoms. The molecule has 0 unspecified atom stereocenters. The predicted octanol–water partition coefficient (Wildman–Crippen LogP) is 1.03. The van der Waals surface area contributed by atoms with Crippen LogP contribution in [-0.2, 0) is 7.05 Å². The third-order valence-corrected chi connectivity index (χ3v) is 5.25. The highest BCUT2D eigenvalue weighted by atomic mass is 16.2. The fourth-order valence-electron chi connectivity index (χ4n) is 3.90. The number of rotatable bonds is 2. The van der Waals surface area contributed by atoms with Crippen LogP contribution < -0.4 is 11.0 Å². The Balaban J connectivity index is 1.54. The highest BCUT2D eigenvalue weighted by molar-refractivity contribution is 5.75. The second kappa shape index (κ2) is 5.92. The summed E-state index contributed by atoms with van der Waals surface area (Å²) in [5, 5.41) is 3.12. The van der Waals surface area contributed by atoms with Crippen molar-refractivity contribution in [3.63, 3.8) is 0 Å². The summed E-state index contributed by atoms with van der Waals surface area (Å²) in [6.45, 7) is 1.21. The van der Waals surface area contributed by atoms with Crippen LogP contribution in [0, 0.1) is 0 Å². The van der Waals surface area contributed by atoms with E-state index in [1.165, 1.54) is 19.2 Å². The van der Waals surface area contributed by atoms with Crippen LogP contribution in [0.25, 0.3) is 11.2 Å². The van der Waals surface area contributed by atoms with Crippen molar-refractivity contribution in [2.75, 3.05) is 13.1 Å². The third-order valence-electron chi connectivity index (χ3n) is 5.25. The van der Waals surface area contributed by atoms with Crippen molar-refractivity contribution in [2.45, 2.75) is 44.2 Å². The average Bonchev–Trinajstić information content (AvgIpc) is 3.30. The number of hydrogen-bond acceptors (Lipinski definition) is 4. The molecule has 2 aromatic rings. The molecule has 1 saturated carbocycles. The molecule has 128 valence electrons. The summed E-state index contributed by atoms with van der Waals surface area (Å²) in [5.74, 6) is 0. The van der Waals surface area contributed by atoms with Gasteiger partial charge in [0.2, 0.25) is 0 Å². The average molecular weight is 330 g/mol. The maximum atomic E-state index is 12.6. The molecular weight excluding hydrogens is 308 g/mol. The number of amides is 2. The van der Waals surface area contributed by atoms with Gasteiger partial charge in [-0.1, -0.05) is 12.8 Å². The van der Waals surface area contributed by atoms with Crippen LogP contribution in [0.1, 0.15) is 38.1 Å². The van der Waals surface area contributed by atoms with Gasteiger partial charge in [0.1, 0.15) is 11.8 Å². The molecule has 1 aliphatic heterocycles. The molecule has 2 aromatic heterocycles. The molecule has 8 nitrogen and oxygen atoms in total. The molecule has 8 heteroatoms. The standard InChI is InChI=1S/C16H22N6O2/c1-20-13-8-17-10-18-14(13)22(16(20)24)12-6-7-21(9-12)15(23)19-11-4-2-3-5-11/h8,10-12H,2-7,9H2,1H3,(H,19,23)/t12-/m1/s1. The first-order chi connectivity index (χ1) is 11.6. The van der Waals surface area contributed by atoms with Gasteiger partial charge in [-0.05, 0) is 19.3 Å². The van der Waals surface area contributed by atoms with E-state index in [0.29, 0.717) is 24.8 Å². The van der Waals surface area contributed by atoms with Crippen LogP contribution in [0.4, 0.5) is 4.79 Å². The first-order valence-corrected chi connectivity index (χ1v) is 8.57. The summed E-state index contributed by atoms with van der Waals surface area (Å²) < 4.78 is 3.27. The highest BCUT2D eigenvalue weighted by Gasteiger charge is 2.31. The van der Waals surface area contributed by atoms with Crippen LogP contribution in [0.15, 0.2) is 17.3 Å².